The molecule has 3 N–H and O–H groups in total. The van der Waals surface area contributed by atoms with Crippen LogP contribution in [0.2, 0.25) is 0 Å². The smallest absolute Gasteiger partial charge is 0.291 e. The van der Waals surface area contributed by atoms with Gasteiger partial charge in [-0.2, -0.15) is 4.98 Å². The summed E-state index contributed by atoms with van der Waals surface area (Å²) in [6.45, 7) is 1.91. The second kappa shape index (κ2) is 7.54. The van der Waals surface area contributed by atoms with E-state index < -0.39 is 5.54 Å². The number of carbonyl (C=O) groups is 1. The Labute approximate surface area is 162 Å². The van der Waals surface area contributed by atoms with Crippen LogP contribution in [0.5, 0.6) is 0 Å². The number of aromatic nitrogens is 2. The first-order chi connectivity index (χ1) is 12.5. The summed E-state index contributed by atoms with van der Waals surface area (Å²) in [6.07, 6.45) is 5.35. The molecular formula is C19H21ClN4O3. The lowest BCUT2D eigenvalue weighted by Crippen LogP contribution is -2.34. The standard InChI is InChI=1S/C19H20N4O3.ClH/c1-12-6-7-13(11-14(12)21-16(24)15-5-4-10-25-15)17-22-18(23-26-17)19(20)8-2-3-9-19;/h4-7,10-11H,2-3,8-9,20H2,1H3,(H,21,24);1H. The highest BCUT2D eigenvalue weighted by Gasteiger charge is 2.36. The van der Waals surface area contributed by atoms with Crippen molar-refractivity contribution in [3.8, 4) is 11.5 Å². The molecule has 1 fully saturated rings. The van der Waals surface area contributed by atoms with Crippen LogP contribution in [-0.2, 0) is 5.54 Å². The molecular weight excluding hydrogens is 368 g/mol. The molecule has 1 aliphatic rings. The fourth-order valence-corrected chi connectivity index (χ4v) is 3.25. The summed E-state index contributed by atoms with van der Waals surface area (Å²) >= 11 is 0. The number of nitrogens with one attached hydrogen (secondary N) is 1. The summed E-state index contributed by atoms with van der Waals surface area (Å²) in [6, 6.07) is 8.87. The van der Waals surface area contributed by atoms with Crippen LogP contribution in [0.15, 0.2) is 45.5 Å². The first kappa shape index (κ1) is 19.1. The van der Waals surface area contributed by atoms with Crippen molar-refractivity contribution in [1.29, 1.82) is 0 Å². The van der Waals surface area contributed by atoms with Crippen molar-refractivity contribution in [2.75, 3.05) is 5.32 Å². The number of carbonyl (C=O) groups excluding carboxylic acids is 1. The van der Waals surface area contributed by atoms with E-state index >= 15 is 0 Å². The van der Waals surface area contributed by atoms with Gasteiger partial charge >= 0.3 is 0 Å². The zero-order valence-electron chi connectivity index (χ0n) is 14.9. The number of hydrogen-bond acceptors (Lipinski definition) is 6. The summed E-state index contributed by atoms with van der Waals surface area (Å²) in [5, 5.41) is 6.93. The van der Waals surface area contributed by atoms with Crippen LogP contribution in [0.3, 0.4) is 0 Å². The Morgan fingerprint density at radius 1 is 1.26 bits per heavy atom. The van der Waals surface area contributed by atoms with Crippen LogP contribution in [0.25, 0.3) is 11.5 Å². The molecule has 3 aromatic rings. The number of hydrogen-bond donors (Lipinski definition) is 2. The number of benzene rings is 1. The summed E-state index contributed by atoms with van der Waals surface area (Å²) in [5.74, 6) is 0.881. The molecule has 1 aliphatic carbocycles. The molecule has 2 aromatic heterocycles. The number of nitrogens with two attached hydrogens (primary N) is 1. The molecule has 0 saturated heterocycles. The van der Waals surface area contributed by atoms with Gasteiger partial charge in [0.15, 0.2) is 11.6 Å². The molecule has 1 amide bonds. The molecule has 7 nitrogen and oxygen atoms in total. The van der Waals surface area contributed by atoms with E-state index in [0.717, 1.165) is 36.8 Å². The normalized spacial score (nSPS) is 15.3. The highest BCUT2D eigenvalue weighted by atomic mass is 35.5. The van der Waals surface area contributed by atoms with E-state index in [-0.39, 0.29) is 24.1 Å². The largest absolute Gasteiger partial charge is 0.459 e. The first-order valence-corrected chi connectivity index (χ1v) is 8.64. The Balaban J connectivity index is 0.00000210. The lowest BCUT2D eigenvalue weighted by Gasteiger charge is -2.17. The summed E-state index contributed by atoms with van der Waals surface area (Å²) in [4.78, 5) is 16.7. The minimum absolute atomic E-state index is 0. The minimum atomic E-state index is -0.497. The molecule has 1 aromatic carbocycles. The fraction of sp³-hybridized carbons (Fsp3) is 0.316. The highest BCUT2D eigenvalue weighted by Crippen LogP contribution is 2.35. The molecule has 0 radical (unpaired) electrons. The number of nitrogens with zero attached hydrogens (tertiary/aromatic N) is 2. The van der Waals surface area contributed by atoms with Crippen LogP contribution in [0, 0.1) is 6.92 Å². The van der Waals surface area contributed by atoms with Gasteiger partial charge in [-0.3, -0.25) is 4.79 Å². The van der Waals surface area contributed by atoms with Crippen LogP contribution < -0.4 is 11.1 Å². The van der Waals surface area contributed by atoms with Crippen LogP contribution in [-0.4, -0.2) is 16.0 Å². The van der Waals surface area contributed by atoms with Gasteiger partial charge < -0.3 is 20.0 Å². The Kier molecular flexibility index (Phi) is 5.34. The average molecular weight is 389 g/mol. The number of anilines is 1. The van der Waals surface area contributed by atoms with Crippen molar-refractivity contribution in [2.24, 2.45) is 5.73 Å². The van der Waals surface area contributed by atoms with Crippen molar-refractivity contribution < 1.29 is 13.7 Å². The van der Waals surface area contributed by atoms with Gasteiger partial charge in [-0.1, -0.05) is 24.1 Å². The Hall–Kier alpha value is -2.64. The van der Waals surface area contributed by atoms with Gasteiger partial charge in [0.05, 0.1) is 11.8 Å². The third kappa shape index (κ3) is 3.74. The van der Waals surface area contributed by atoms with E-state index in [1.807, 2.05) is 25.1 Å². The molecule has 1 saturated carbocycles. The van der Waals surface area contributed by atoms with E-state index in [2.05, 4.69) is 15.5 Å². The van der Waals surface area contributed by atoms with Gasteiger partial charge in [0, 0.05) is 11.3 Å². The molecule has 4 rings (SSSR count). The zero-order valence-corrected chi connectivity index (χ0v) is 15.7. The molecule has 142 valence electrons. The van der Waals surface area contributed by atoms with Gasteiger partial charge in [0.25, 0.3) is 11.8 Å². The minimum Gasteiger partial charge on any atom is -0.459 e. The third-order valence-corrected chi connectivity index (χ3v) is 4.84. The molecule has 2 heterocycles. The van der Waals surface area contributed by atoms with Crippen molar-refractivity contribution >= 4 is 24.0 Å². The number of aryl methyl sites for hydroxylation is 1. The number of halogens is 1. The van der Waals surface area contributed by atoms with Crippen LogP contribution >= 0.6 is 12.4 Å². The van der Waals surface area contributed by atoms with Gasteiger partial charge in [0.2, 0.25) is 0 Å². The lowest BCUT2D eigenvalue weighted by atomic mass is 9.98. The molecule has 0 spiro atoms. The predicted molar refractivity (Wildman–Crippen MR) is 103 cm³/mol. The van der Waals surface area contributed by atoms with Crippen molar-refractivity contribution in [3.05, 3.63) is 53.7 Å². The average Bonchev–Trinajstić information content (AvgIpc) is 3.38. The SMILES string of the molecule is Cc1ccc(-c2nc(C3(N)CCCC3)no2)cc1NC(=O)c1ccco1.Cl. The van der Waals surface area contributed by atoms with Crippen LogP contribution in [0.4, 0.5) is 5.69 Å². The second-order valence-corrected chi connectivity index (χ2v) is 6.75. The highest BCUT2D eigenvalue weighted by molar-refractivity contribution is 6.02. The predicted octanol–water partition coefficient (Wildman–Crippen LogP) is 4.04. The molecule has 0 unspecified atom stereocenters. The Bertz CT molecular complexity index is 930. The van der Waals surface area contributed by atoms with Gasteiger partial charge in [-0.25, -0.2) is 0 Å². The Morgan fingerprint density at radius 3 is 2.74 bits per heavy atom. The van der Waals surface area contributed by atoms with E-state index in [1.54, 1.807) is 12.1 Å². The van der Waals surface area contributed by atoms with Crippen molar-refractivity contribution in [1.82, 2.24) is 10.1 Å². The van der Waals surface area contributed by atoms with Gasteiger partial charge in [-0.05, 0) is 49.6 Å². The topological polar surface area (TPSA) is 107 Å². The molecule has 0 bridgehead atoms. The second-order valence-electron chi connectivity index (χ2n) is 6.75. The number of furan rings is 1. The molecule has 8 heteroatoms. The van der Waals surface area contributed by atoms with Crippen molar-refractivity contribution in [2.45, 2.75) is 38.1 Å². The maximum atomic E-state index is 12.2. The number of amides is 1. The van der Waals surface area contributed by atoms with Gasteiger partial charge in [0.1, 0.15) is 0 Å². The summed E-state index contributed by atoms with van der Waals surface area (Å²) < 4.78 is 10.6. The van der Waals surface area contributed by atoms with Crippen molar-refractivity contribution in [3.63, 3.8) is 0 Å². The van der Waals surface area contributed by atoms with Gasteiger partial charge in [-0.15, -0.1) is 12.4 Å². The van der Waals surface area contributed by atoms with E-state index in [1.165, 1.54) is 6.26 Å². The third-order valence-electron chi connectivity index (χ3n) is 4.84. The molecule has 0 aliphatic heterocycles. The first-order valence-electron chi connectivity index (χ1n) is 8.64. The number of rotatable bonds is 4. The maximum absolute atomic E-state index is 12.2. The maximum Gasteiger partial charge on any atom is 0.291 e. The monoisotopic (exact) mass is 388 g/mol. The molecule has 27 heavy (non-hydrogen) atoms. The fourth-order valence-electron chi connectivity index (χ4n) is 3.25. The van der Waals surface area contributed by atoms with Crippen LogP contribution in [0.1, 0.15) is 47.6 Å². The van der Waals surface area contributed by atoms with E-state index in [4.69, 9.17) is 14.7 Å². The van der Waals surface area contributed by atoms with E-state index in [0.29, 0.717) is 17.4 Å². The summed E-state index contributed by atoms with van der Waals surface area (Å²) in [7, 11) is 0. The quantitative estimate of drug-likeness (QED) is 0.698. The summed E-state index contributed by atoms with van der Waals surface area (Å²) in [5.41, 5.74) is 8.20. The Morgan fingerprint density at radius 2 is 2.04 bits per heavy atom. The van der Waals surface area contributed by atoms with E-state index in [9.17, 15) is 4.79 Å². The lowest BCUT2D eigenvalue weighted by molar-refractivity contribution is 0.0996. The molecule has 0 atom stereocenters. The zero-order chi connectivity index (χ0) is 18.1.